The summed E-state index contributed by atoms with van der Waals surface area (Å²) in [6.07, 6.45) is 0. The van der Waals surface area contributed by atoms with Crippen molar-refractivity contribution in [3.8, 4) is 28.5 Å². The van der Waals surface area contributed by atoms with Crippen LogP contribution in [0.15, 0.2) is 22.7 Å². The third-order valence-corrected chi connectivity index (χ3v) is 2.69. The van der Waals surface area contributed by atoms with Gasteiger partial charge in [-0.2, -0.15) is 0 Å². The van der Waals surface area contributed by atoms with Gasteiger partial charge in [-0.1, -0.05) is 5.16 Å². The van der Waals surface area contributed by atoms with Crippen LogP contribution in [0.25, 0.3) is 11.3 Å². The highest BCUT2D eigenvalue weighted by atomic mass is 16.5. The second kappa shape index (κ2) is 5.52. The first-order valence-electron chi connectivity index (χ1n) is 5.61. The lowest BCUT2D eigenvalue weighted by atomic mass is 10.1. The van der Waals surface area contributed by atoms with Crippen LogP contribution < -0.4 is 14.2 Å². The van der Waals surface area contributed by atoms with E-state index in [0.29, 0.717) is 28.5 Å². The van der Waals surface area contributed by atoms with Gasteiger partial charge < -0.3 is 23.8 Å². The first-order valence-corrected chi connectivity index (χ1v) is 5.61. The number of carboxylic acid groups (broad SMARTS) is 1. The highest BCUT2D eigenvalue weighted by Crippen LogP contribution is 2.41. The lowest BCUT2D eigenvalue weighted by Crippen LogP contribution is -1.95. The summed E-state index contributed by atoms with van der Waals surface area (Å²) in [5.41, 5.74) is 0.797. The molecule has 0 aliphatic carbocycles. The molecular weight excluding hydrogens is 266 g/mol. The Bertz CT molecular complexity index is 609. The molecule has 2 aromatic rings. The minimum Gasteiger partial charge on any atom is -0.496 e. The van der Waals surface area contributed by atoms with E-state index in [2.05, 4.69) is 5.16 Å². The van der Waals surface area contributed by atoms with Crippen molar-refractivity contribution in [3.63, 3.8) is 0 Å². The van der Waals surface area contributed by atoms with Gasteiger partial charge in [0.25, 0.3) is 0 Å². The molecule has 1 heterocycles. The summed E-state index contributed by atoms with van der Waals surface area (Å²) in [5, 5.41) is 12.6. The third-order valence-electron chi connectivity index (χ3n) is 2.69. The second-order valence-corrected chi connectivity index (χ2v) is 3.79. The number of carboxylic acids is 1. The number of hydrogen-bond acceptors (Lipinski definition) is 6. The molecule has 0 aliphatic heterocycles. The quantitative estimate of drug-likeness (QED) is 0.895. The number of benzene rings is 1. The second-order valence-electron chi connectivity index (χ2n) is 3.79. The number of aromatic carboxylic acids is 1. The van der Waals surface area contributed by atoms with Gasteiger partial charge in [0.1, 0.15) is 22.9 Å². The van der Waals surface area contributed by atoms with Gasteiger partial charge in [-0.3, -0.25) is 0 Å². The number of rotatable bonds is 5. The summed E-state index contributed by atoms with van der Waals surface area (Å²) >= 11 is 0. The van der Waals surface area contributed by atoms with Crippen molar-refractivity contribution in [2.75, 3.05) is 21.3 Å². The highest BCUT2D eigenvalue weighted by molar-refractivity contribution is 5.87. The lowest BCUT2D eigenvalue weighted by molar-refractivity contribution is 0.0652. The zero-order chi connectivity index (χ0) is 14.7. The summed E-state index contributed by atoms with van der Waals surface area (Å²) in [4.78, 5) is 10.8. The van der Waals surface area contributed by atoms with E-state index in [1.165, 1.54) is 27.4 Å². The Labute approximate surface area is 114 Å². The molecular formula is C13H13NO6. The maximum absolute atomic E-state index is 10.8. The largest absolute Gasteiger partial charge is 0.496 e. The normalized spacial score (nSPS) is 10.2. The fourth-order valence-electron chi connectivity index (χ4n) is 1.75. The molecule has 1 aromatic heterocycles. The Morgan fingerprint density at radius 1 is 1.10 bits per heavy atom. The van der Waals surface area contributed by atoms with Crippen molar-refractivity contribution in [1.29, 1.82) is 0 Å². The molecule has 106 valence electrons. The Morgan fingerprint density at radius 3 is 2.10 bits per heavy atom. The molecule has 1 N–H and O–H groups in total. The summed E-state index contributed by atoms with van der Waals surface area (Å²) in [6.45, 7) is 0. The summed E-state index contributed by atoms with van der Waals surface area (Å²) < 4.78 is 20.4. The molecule has 0 bridgehead atoms. The SMILES string of the molecule is COc1cc(OC)c(-c2cc(C(=O)O)on2)c(OC)c1. The van der Waals surface area contributed by atoms with Crippen LogP contribution in [0.3, 0.4) is 0 Å². The maximum Gasteiger partial charge on any atom is 0.374 e. The van der Waals surface area contributed by atoms with Gasteiger partial charge in [0.2, 0.25) is 5.76 Å². The Balaban J connectivity index is 2.61. The summed E-state index contributed by atoms with van der Waals surface area (Å²) in [5.74, 6) is -0.0441. The van der Waals surface area contributed by atoms with E-state index < -0.39 is 5.97 Å². The first-order chi connectivity index (χ1) is 9.60. The molecule has 20 heavy (non-hydrogen) atoms. The van der Waals surface area contributed by atoms with E-state index in [-0.39, 0.29) is 5.76 Å². The first kappa shape index (κ1) is 13.7. The number of ether oxygens (including phenoxy) is 3. The van der Waals surface area contributed by atoms with Crippen molar-refractivity contribution >= 4 is 5.97 Å². The zero-order valence-corrected chi connectivity index (χ0v) is 11.2. The summed E-state index contributed by atoms with van der Waals surface area (Å²) in [7, 11) is 4.48. The van der Waals surface area contributed by atoms with E-state index in [9.17, 15) is 4.79 Å². The van der Waals surface area contributed by atoms with Crippen molar-refractivity contribution < 1.29 is 28.6 Å². The number of nitrogens with zero attached hydrogens (tertiary/aromatic N) is 1. The smallest absolute Gasteiger partial charge is 0.374 e. The standard InChI is InChI=1S/C13H13NO6/c1-17-7-4-9(18-2)12(10(5-7)19-3)8-6-11(13(15)16)20-14-8/h4-6H,1-3H3,(H,15,16). The van der Waals surface area contributed by atoms with Crippen LogP contribution in [0.4, 0.5) is 0 Å². The van der Waals surface area contributed by atoms with Crippen molar-refractivity contribution in [2.45, 2.75) is 0 Å². The molecule has 0 aliphatic rings. The van der Waals surface area contributed by atoms with Gasteiger partial charge in [0.05, 0.1) is 26.9 Å². The molecule has 0 spiro atoms. The number of aromatic nitrogens is 1. The number of carbonyl (C=O) groups is 1. The molecule has 0 atom stereocenters. The lowest BCUT2D eigenvalue weighted by Gasteiger charge is -2.13. The van der Waals surface area contributed by atoms with Gasteiger partial charge in [0.15, 0.2) is 0 Å². The molecule has 7 heteroatoms. The Hall–Kier alpha value is -2.70. The Morgan fingerprint density at radius 2 is 1.70 bits per heavy atom. The van der Waals surface area contributed by atoms with Crippen LogP contribution >= 0.6 is 0 Å². The van der Waals surface area contributed by atoms with Crippen LogP contribution in [-0.4, -0.2) is 37.6 Å². The number of methoxy groups -OCH3 is 3. The molecule has 1 aromatic carbocycles. The highest BCUT2D eigenvalue weighted by Gasteiger charge is 2.20. The van der Waals surface area contributed by atoms with Crippen molar-refractivity contribution in [2.24, 2.45) is 0 Å². The average molecular weight is 279 g/mol. The molecule has 7 nitrogen and oxygen atoms in total. The van der Waals surface area contributed by atoms with Crippen LogP contribution in [0.1, 0.15) is 10.6 Å². The van der Waals surface area contributed by atoms with Crippen molar-refractivity contribution in [1.82, 2.24) is 5.16 Å². The van der Waals surface area contributed by atoms with E-state index in [1.54, 1.807) is 12.1 Å². The zero-order valence-electron chi connectivity index (χ0n) is 11.2. The number of hydrogen-bond donors (Lipinski definition) is 1. The van der Waals surface area contributed by atoms with Crippen LogP contribution in [0, 0.1) is 0 Å². The molecule has 0 unspecified atom stereocenters. The van der Waals surface area contributed by atoms with E-state index >= 15 is 0 Å². The van der Waals surface area contributed by atoms with E-state index in [4.69, 9.17) is 23.8 Å². The van der Waals surface area contributed by atoms with Gasteiger partial charge in [-0.05, 0) is 0 Å². The summed E-state index contributed by atoms with van der Waals surface area (Å²) in [6, 6.07) is 4.59. The maximum atomic E-state index is 10.8. The monoisotopic (exact) mass is 279 g/mol. The van der Waals surface area contributed by atoms with Crippen LogP contribution in [0.5, 0.6) is 17.2 Å². The molecule has 2 rings (SSSR count). The van der Waals surface area contributed by atoms with Gasteiger partial charge >= 0.3 is 5.97 Å². The average Bonchev–Trinajstić information content (AvgIpc) is 2.95. The fourth-order valence-corrected chi connectivity index (χ4v) is 1.75. The van der Waals surface area contributed by atoms with E-state index in [1.807, 2.05) is 0 Å². The van der Waals surface area contributed by atoms with Gasteiger partial charge in [-0.25, -0.2) is 4.79 Å². The van der Waals surface area contributed by atoms with Gasteiger partial charge in [-0.15, -0.1) is 0 Å². The predicted octanol–water partition coefficient (Wildman–Crippen LogP) is 2.07. The fraction of sp³-hybridized carbons (Fsp3) is 0.231. The molecule has 0 radical (unpaired) electrons. The van der Waals surface area contributed by atoms with Crippen LogP contribution in [0.2, 0.25) is 0 Å². The van der Waals surface area contributed by atoms with Crippen molar-refractivity contribution in [3.05, 3.63) is 24.0 Å². The molecule has 0 fully saturated rings. The van der Waals surface area contributed by atoms with Gasteiger partial charge in [0, 0.05) is 18.2 Å². The Kier molecular flexibility index (Phi) is 3.79. The molecule has 0 amide bonds. The van der Waals surface area contributed by atoms with Crippen LogP contribution in [-0.2, 0) is 0 Å². The van der Waals surface area contributed by atoms with E-state index in [0.717, 1.165) is 0 Å². The molecule has 0 saturated heterocycles. The molecule has 0 saturated carbocycles. The third kappa shape index (κ3) is 2.37. The topological polar surface area (TPSA) is 91.0 Å². The minimum atomic E-state index is -1.20. The minimum absolute atomic E-state index is 0.264. The predicted molar refractivity (Wildman–Crippen MR) is 68.6 cm³/mol.